The number of aliphatic hydroxyl groups excluding tert-OH is 1. The van der Waals surface area contributed by atoms with Crippen molar-refractivity contribution in [2.24, 2.45) is 0 Å². The second-order valence-corrected chi connectivity index (χ2v) is 3.31. The molecule has 0 spiro atoms. The topological polar surface area (TPSA) is 73.4 Å². The molecule has 5 heteroatoms. The van der Waals surface area contributed by atoms with Gasteiger partial charge in [0.1, 0.15) is 0 Å². The molecule has 2 heterocycles. The van der Waals surface area contributed by atoms with Gasteiger partial charge < -0.3 is 15.0 Å². The SMILES string of the molecule is O=C(c1ccc(=O)[nH]c1)N1CC(O)C1. The molecule has 0 bridgehead atoms. The van der Waals surface area contributed by atoms with Crippen LogP contribution < -0.4 is 5.56 Å². The zero-order valence-electron chi connectivity index (χ0n) is 7.43. The Bertz CT molecular complexity index is 386. The molecule has 2 rings (SSSR count). The van der Waals surface area contributed by atoms with Crippen molar-refractivity contribution in [2.75, 3.05) is 13.1 Å². The first-order valence-corrected chi connectivity index (χ1v) is 4.33. The second-order valence-electron chi connectivity index (χ2n) is 3.31. The van der Waals surface area contributed by atoms with E-state index < -0.39 is 6.10 Å². The molecule has 0 aromatic carbocycles. The molecule has 1 amide bonds. The summed E-state index contributed by atoms with van der Waals surface area (Å²) in [5.41, 5.74) is 0.210. The number of β-amino-alcohol motifs (C(OH)–C–C–N with tert-alkyl or cyclic N) is 1. The number of pyridine rings is 1. The number of H-pyrrole nitrogens is 1. The third-order valence-corrected chi connectivity index (χ3v) is 2.18. The predicted octanol–water partition coefficient (Wildman–Crippen LogP) is -0.808. The molecule has 0 radical (unpaired) electrons. The van der Waals surface area contributed by atoms with Gasteiger partial charge in [-0.1, -0.05) is 0 Å². The summed E-state index contributed by atoms with van der Waals surface area (Å²) < 4.78 is 0. The minimum atomic E-state index is -0.401. The van der Waals surface area contributed by atoms with Crippen molar-refractivity contribution in [3.63, 3.8) is 0 Å². The van der Waals surface area contributed by atoms with Crippen molar-refractivity contribution in [1.82, 2.24) is 9.88 Å². The lowest BCUT2D eigenvalue weighted by Crippen LogP contribution is -2.53. The molecule has 0 aliphatic carbocycles. The number of aromatic amines is 1. The Kier molecular flexibility index (Phi) is 2.09. The van der Waals surface area contributed by atoms with Crippen LogP contribution in [-0.4, -0.2) is 40.1 Å². The van der Waals surface area contributed by atoms with Gasteiger partial charge in [0.2, 0.25) is 5.56 Å². The summed E-state index contributed by atoms with van der Waals surface area (Å²) >= 11 is 0. The lowest BCUT2D eigenvalue weighted by Gasteiger charge is -2.35. The molecule has 0 saturated carbocycles. The Morgan fingerprint density at radius 3 is 2.71 bits per heavy atom. The van der Waals surface area contributed by atoms with Crippen LogP contribution in [0.2, 0.25) is 0 Å². The van der Waals surface area contributed by atoms with Crippen molar-refractivity contribution in [3.8, 4) is 0 Å². The first-order valence-electron chi connectivity index (χ1n) is 4.33. The quantitative estimate of drug-likeness (QED) is 0.614. The molecular weight excluding hydrogens is 184 g/mol. The van der Waals surface area contributed by atoms with Crippen LogP contribution in [-0.2, 0) is 0 Å². The summed E-state index contributed by atoms with van der Waals surface area (Å²) in [6.07, 6.45) is 0.983. The number of hydrogen-bond donors (Lipinski definition) is 2. The summed E-state index contributed by atoms with van der Waals surface area (Å²) in [5.74, 6) is -0.161. The van der Waals surface area contributed by atoms with Gasteiger partial charge >= 0.3 is 0 Å². The second kappa shape index (κ2) is 3.26. The normalized spacial score (nSPS) is 16.5. The Hall–Kier alpha value is -1.62. The monoisotopic (exact) mass is 194 g/mol. The van der Waals surface area contributed by atoms with E-state index in [-0.39, 0.29) is 11.5 Å². The summed E-state index contributed by atoms with van der Waals surface area (Å²) in [6, 6.07) is 2.79. The maximum atomic E-state index is 11.6. The van der Waals surface area contributed by atoms with E-state index in [0.29, 0.717) is 18.7 Å². The van der Waals surface area contributed by atoms with Crippen LogP contribution in [0, 0.1) is 0 Å². The molecule has 1 aromatic rings. The highest BCUT2D eigenvalue weighted by Gasteiger charge is 2.29. The molecule has 1 fully saturated rings. The van der Waals surface area contributed by atoms with Crippen molar-refractivity contribution in [1.29, 1.82) is 0 Å². The van der Waals surface area contributed by atoms with Crippen molar-refractivity contribution in [3.05, 3.63) is 34.2 Å². The average Bonchev–Trinajstić information content (AvgIpc) is 2.13. The number of amides is 1. The summed E-state index contributed by atoms with van der Waals surface area (Å²) in [7, 11) is 0. The van der Waals surface area contributed by atoms with Gasteiger partial charge in [-0.3, -0.25) is 9.59 Å². The van der Waals surface area contributed by atoms with E-state index in [1.54, 1.807) is 0 Å². The van der Waals surface area contributed by atoms with E-state index in [4.69, 9.17) is 5.11 Å². The lowest BCUT2D eigenvalue weighted by atomic mass is 10.1. The van der Waals surface area contributed by atoms with Gasteiger partial charge in [0.05, 0.1) is 11.7 Å². The van der Waals surface area contributed by atoms with Crippen molar-refractivity contribution in [2.45, 2.75) is 6.10 Å². The molecule has 1 aliphatic rings. The number of nitrogens with one attached hydrogen (secondary N) is 1. The van der Waals surface area contributed by atoms with E-state index >= 15 is 0 Å². The Morgan fingerprint density at radius 2 is 2.21 bits per heavy atom. The maximum absolute atomic E-state index is 11.6. The first kappa shape index (κ1) is 8.96. The van der Waals surface area contributed by atoms with E-state index in [1.807, 2.05) is 0 Å². The molecule has 1 aliphatic heterocycles. The van der Waals surface area contributed by atoms with E-state index in [1.165, 1.54) is 23.2 Å². The Labute approximate surface area is 80.0 Å². The molecule has 2 N–H and O–H groups in total. The van der Waals surface area contributed by atoms with E-state index in [9.17, 15) is 9.59 Å². The molecule has 1 saturated heterocycles. The molecule has 74 valence electrons. The van der Waals surface area contributed by atoms with Crippen LogP contribution in [0.3, 0.4) is 0 Å². The van der Waals surface area contributed by atoms with Gasteiger partial charge in [-0.25, -0.2) is 0 Å². The minimum absolute atomic E-state index is 0.161. The minimum Gasteiger partial charge on any atom is -0.389 e. The zero-order valence-corrected chi connectivity index (χ0v) is 7.43. The predicted molar refractivity (Wildman–Crippen MR) is 49.0 cm³/mol. The van der Waals surface area contributed by atoms with Gasteiger partial charge in [0.25, 0.3) is 5.91 Å². The molecule has 5 nitrogen and oxygen atoms in total. The fraction of sp³-hybridized carbons (Fsp3) is 0.333. The van der Waals surface area contributed by atoms with E-state index in [2.05, 4.69) is 4.98 Å². The van der Waals surface area contributed by atoms with Crippen LogP contribution >= 0.6 is 0 Å². The van der Waals surface area contributed by atoms with Crippen molar-refractivity contribution >= 4 is 5.91 Å². The van der Waals surface area contributed by atoms with Crippen LogP contribution in [0.4, 0.5) is 0 Å². The molecule has 1 aromatic heterocycles. The fourth-order valence-electron chi connectivity index (χ4n) is 1.35. The number of carbonyl (C=O) groups excluding carboxylic acids is 1. The van der Waals surface area contributed by atoms with Crippen LogP contribution in [0.5, 0.6) is 0 Å². The van der Waals surface area contributed by atoms with Gasteiger partial charge in [-0.2, -0.15) is 0 Å². The molecular formula is C9H10N2O3. The van der Waals surface area contributed by atoms with Gasteiger partial charge in [0.15, 0.2) is 0 Å². The van der Waals surface area contributed by atoms with E-state index in [0.717, 1.165) is 0 Å². The Morgan fingerprint density at radius 1 is 1.50 bits per heavy atom. The molecule has 14 heavy (non-hydrogen) atoms. The maximum Gasteiger partial charge on any atom is 0.255 e. The van der Waals surface area contributed by atoms with Crippen molar-refractivity contribution < 1.29 is 9.90 Å². The van der Waals surface area contributed by atoms with Crippen LogP contribution in [0.15, 0.2) is 23.1 Å². The standard InChI is InChI=1S/C9H10N2O3/c12-7-4-11(5-7)9(14)6-1-2-8(13)10-3-6/h1-3,7,12H,4-5H2,(H,10,13). The summed E-state index contributed by atoms with van der Waals surface area (Å²) in [6.45, 7) is 0.746. The average molecular weight is 194 g/mol. The fourth-order valence-corrected chi connectivity index (χ4v) is 1.35. The molecule has 0 atom stereocenters. The number of rotatable bonds is 1. The molecule has 0 unspecified atom stereocenters. The highest BCUT2D eigenvalue weighted by atomic mass is 16.3. The number of nitrogens with zero attached hydrogens (tertiary/aromatic N) is 1. The zero-order chi connectivity index (χ0) is 10.1. The smallest absolute Gasteiger partial charge is 0.255 e. The van der Waals surface area contributed by atoms with Gasteiger partial charge in [0, 0.05) is 25.4 Å². The van der Waals surface area contributed by atoms with Gasteiger partial charge in [-0.15, -0.1) is 0 Å². The largest absolute Gasteiger partial charge is 0.389 e. The number of aromatic nitrogens is 1. The Balaban J connectivity index is 2.12. The lowest BCUT2D eigenvalue weighted by molar-refractivity contribution is 0.00586. The summed E-state index contributed by atoms with van der Waals surface area (Å²) in [5, 5.41) is 9.01. The number of hydrogen-bond acceptors (Lipinski definition) is 3. The number of aliphatic hydroxyl groups is 1. The summed E-state index contributed by atoms with van der Waals surface area (Å²) in [4.78, 5) is 26.3. The number of carbonyl (C=O) groups is 1. The van der Waals surface area contributed by atoms with Gasteiger partial charge in [-0.05, 0) is 6.07 Å². The van der Waals surface area contributed by atoms with Crippen LogP contribution in [0.25, 0.3) is 0 Å². The highest BCUT2D eigenvalue weighted by molar-refractivity contribution is 5.94. The third-order valence-electron chi connectivity index (χ3n) is 2.18. The van der Waals surface area contributed by atoms with Crippen LogP contribution in [0.1, 0.15) is 10.4 Å². The first-order chi connectivity index (χ1) is 6.66. The third kappa shape index (κ3) is 1.54. The number of likely N-dealkylation sites (tertiary alicyclic amines) is 1. The highest BCUT2D eigenvalue weighted by Crippen LogP contribution is 2.11.